The van der Waals surface area contributed by atoms with E-state index in [4.69, 9.17) is 9.84 Å². The number of amides is 1. The number of halogens is 1. The van der Waals surface area contributed by atoms with Crippen molar-refractivity contribution in [3.8, 4) is 5.75 Å². The van der Waals surface area contributed by atoms with Crippen LogP contribution in [-0.4, -0.2) is 23.7 Å². The van der Waals surface area contributed by atoms with Gasteiger partial charge in [-0.2, -0.15) is 0 Å². The second kappa shape index (κ2) is 6.96. The first-order valence-corrected chi connectivity index (χ1v) is 5.92. The van der Waals surface area contributed by atoms with E-state index in [0.717, 1.165) is 6.42 Å². The topological polar surface area (TPSA) is 58.6 Å². The van der Waals surface area contributed by atoms with E-state index in [1.807, 2.05) is 6.92 Å². The number of carbonyl (C=O) groups excluding carboxylic acids is 1. The largest absolute Gasteiger partial charge is 0.481 e. The minimum absolute atomic E-state index is 0.231. The fourth-order valence-corrected chi connectivity index (χ4v) is 1.42. The molecule has 1 unspecified atom stereocenters. The molecule has 5 heteroatoms. The highest BCUT2D eigenvalue weighted by molar-refractivity contribution is 5.80. The first-order chi connectivity index (χ1) is 8.58. The van der Waals surface area contributed by atoms with Gasteiger partial charge in [0, 0.05) is 12.1 Å². The Balaban J connectivity index is 2.69. The number of ether oxygens (including phenoxy) is 1. The van der Waals surface area contributed by atoms with E-state index in [2.05, 4.69) is 5.32 Å². The van der Waals surface area contributed by atoms with Crippen LogP contribution >= 0.6 is 0 Å². The van der Waals surface area contributed by atoms with Gasteiger partial charge in [-0.25, -0.2) is 4.39 Å². The Labute approximate surface area is 106 Å². The number of aliphatic hydroxyl groups excluding tert-OH is 1. The Morgan fingerprint density at radius 3 is 2.89 bits per heavy atom. The molecule has 100 valence electrons. The van der Waals surface area contributed by atoms with Gasteiger partial charge in [0.2, 0.25) is 0 Å². The average molecular weight is 255 g/mol. The maximum absolute atomic E-state index is 13.0. The van der Waals surface area contributed by atoms with Crippen LogP contribution in [0.1, 0.15) is 25.8 Å². The highest BCUT2D eigenvalue weighted by atomic mass is 19.1. The quantitative estimate of drug-likeness (QED) is 0.812. The van der Waals surface area contributed by atoms with E-state index in [9.17, 15) is 9.18 Å². The molecule has 0 bridgehead atoms. The number of hydrogen-bond acceptors (Lipinski definition) is 3. The summed E-state index contributed by atoms with van der Waals surface area (Å²) in [6.07, 6.45) is 0.156. The van der Waals surface area contributed by atoms with Gasteiger partial charge in [0.25, 0.3) is 5.91 Å². The zero-order chi connectivity index (χ0) is 13.5. The van der Waals surface area contributed by atoms with Crippen molar-refractivity contribution in [1.82, 2.24) is 5.32 Å². The van der Waals surface area contributed by atoms with Gasteiger partial charge < -0.3 is 15.2 Å². The molecular formula is C13H18FNO3. The molecule has 0 saturated heterocycles. The van der Waals surface area contributed by atoms with Crippen LogP contribution in [0.3, 0.4) is 0 Å². The van der Waals surface area contributed by atoms with Crippen LogP contribution < -0.4 is 10.1 Å². The summed E-state index contributed by atoms with van der Waals surface area (Å²) in [4.78, 5) is 11.6. The van der Waals surface area contributed by atoms with E-state index in [-0.39, 0.29) is 12.5 Å². The summed E-state index contributed by atoms with van der Waals surface area (Å²) in [6.45, 7) is 3.81. The Bertz CT molecular complexity index is 409. The molecule has 1 amide bonds. The maximum atomic E-state index is 13.0. The fraction of sp³-hybridized carbons (Fsp3) is 0.462. The second-order valence-electron chi connectivity index (χ2n) is 3.96. The van der Waals surface area contributed by atoms with Crippen LogP contribution in [0.2, 0.25) is 0 Å². The summed E-state index contributed by atoms with van der Waals surface area (Å²) >= 11 is 0. The molecule has 18 heavy (non-hydrogen) atoms. The van der Waals surface area contributed by atoms with Crippen LogP contribution in [0.15, 0.2) is 18.2 Å². The highest BCUT2D eigenvalue weighted by Crippen LogP contribution is 2.20. The molecule has 1 atom stereocenters. The van der Waals surface area contributed by atoms with Crippen LogP contribution in [0.5, 0.6) is 5.75 Å². The number of carbonyl (C=O) groups is 1. The summed E-state index contributed by atoms with van der Waals surface area (Å²) in [5.74, 6) is -0.363. The van der Waals surface area contributed by atoms with Gasteiger partial charge in [-0.15, -0.1) is 0 Å². The van der Waals surface area contributed by atoms with Crippen LogP contribution in [-0.2, 0) is 11.4 Å². The molecule has 1 rings (SSSR count). The van der Waals surface area contributed by atoms with Crippen molar-refractivity contribution in [1.29, 1.82) is 0 Å². The molecular weight excluding hydrogens is 237 g/mol. The number of hydrogen-bond donors (Lipinski definition) is 2. The van der Waals surface area contributed by atoms with Gasteiger partial charge in [0.1, 0.15) is 11.6 Å². The molecule has 0 radical (unpaired) electrons. The van der Waals surface area contributed by atoms with Crippen LogP contribution in [0.25, 0.3) is 0 Å². The third-order valence-corrected chi connectivity index (χ3v) is 2.42. The molecule has 2 N–H and O–H groups in total. The van der Waals surface area contributed by atoms with E-state index in [0.29, 0.717) is 17.9 Å². The van der Waals surface area contributed by atoms with Gasteiger partial charge in [-0.05, 0) is 31.5 Å². The molecule has 1 aromatic carbocycles. The third-order valence-electron chi connectivity index (χ3n) is 2.42. The van der Waals surface area contributed by atoms with Crippen molar-refractivity contribution in [3.63, 3.8) is 0 Å². The first kappa shape index (κ1) is 14.4. The summed E-state index contributed by atoms with van der Waals surface area (Å²) in [7, 11) is 0. The van der Waals surface area contributed by atoms with Gasteiger partial charge in [0.05, 0.1) is 6.61 Å². The fourth-order valence-electron chi connectivity index (χ4n) is 1.42. The standard InChI is InChI=1S/C13H18FNO3/c1-3-6-15-13(17)9(2)18-12-5-4-11(14)7-10(12)8-16/h4-5,7,9,16H,3,6,8H2,1-2H3,(H,15,17). The summed E-state index contributed by atoms with van der Waals surface area (Å²) in [6, 6.07) is 3.82. The molecule has 0 aliphatic carbocycles. The number of benzene rings is 1. The zero-order valence-corrected chi connectivity index (χ0v) is 10.6. The van der Waals surface area contributed by atoms with Crippen molar-refractivity contribution in [3.05, 3.63) is 29.6 Å². The molecule has 0 fully saturated rings. The van der Waals surface area contributed by atoms with Gasteiger partial charge in [-0.1, -0.05) is 6.92 Å². The molecule has 0 heterocycles. The second-order valence-corrected chi connectivity index (χ2v) is 3.96. The number of nitrogens with one attached hydrogen (secondary N) is 1. The SMILES string of the molecule is CCCNC(=O)C(C)Oc1ccc(F)cc1CO. The molecule has 1 aromatic rings. The molecule has 0 aliphatic rings. The zero-order valence-electron chi connectivity index (χ0n) is 10.6. The van der Waals surface area contributed by atoms with Crippen LogP contribution in [0, 0.1) is 5.82 Å². The molecule has 0 saturated carbocycles. The lowest BCUT2D eigenvalue weighted by molar-refractivity contribution is -0.127. The van der Waals surface area contributed by atoms with E-state index in [1.54, 1.807) is 6.92 Å². The van der Waals surface area contributed by atoms with Gasteiger partial charge in [0.15, 0.2) is 6.10 Å². The average Bonchev–Trinajstić information content (AvgIpc) is 2.37. The lowest BCUT2D eigenvalue weighted by atomic mass is 10.2. The summed E-state index contributed by atoms with van der Waals surface area (Å²) in [5.41, 5.74) is 0.324. The minimum Gasteiger partial charge on any atom is -0.481 e. The summed E-state index contributed by atoms with van der Waals surface area (Å²) in [5, 5.41) is 11.8. The lowest BCUT2D eigenvalue weighted by Gasteiger charge is -2.16. The van der Waals surface area contributed by atoms with Crippen LogP contribution in [0.4, 0.5) is 4.39 Å². The van der Waals surface area contributed by atoms with Crippen molar-refractivity contribution < 1.29 is 19.0 Å². The Morgan fingerprint density at radius 1 is 1.56 bits per heavy atom. The molecule has 4 nitrogen and oxygen atoms in total. The molecule has 0 spiro atoms. The first-order valence-electron chi connectivity index (χ1n) is 5.92. The van der Waals surface area contributed by atoms with Crippen molar-refractivity contribution in [2.75, 3.05) is 6.54 Å². The highest BCUT2D eigenvalue weighted by Gasteiger charge is 2.15. The van der Waals surface area contributed by atoms with Gasteiger partial charge >= 0.3 is 0 Å². The Morgan fingerprint density at radius 2 is 2.28 bits per heavy atom. The predicted octanol–water partition coefficient (Wildman–Crippen LogP) is 1.61. The van der Waals surface area contributed by atoms with Crippen molar-refractivity contribution in [2.24, 2.45) is 0 Å². The van der Waals surface area contributed by atoms with E-state index < -0.39 is 11.9 Å². The van der Waals surface area contributed by atoms with E-state index >= 15 is 0 Å². The number of aliphatic hydroxyl groups is 1. The predicted molar refractivity (Wildman–Crippen MR) is 65.7 cm³/mol. The summed E-state index contributed by atoms with van der Waals surface area (Å²) < 4.78 is 18.4. The van der Waals surface area contributed by atoms with Crippen molar-refractivity contribution >= 4 is 5.91 Å². The van der Waals surface area contributed by atoms with E-state index in [1.165, 1.54) is 18.2 Å². The Kier molecular flexibility index (Phi) is 5.58. The smallest absolute Gasteiger partial charge is 0.260 e. The minimum atomic E-state index is -0.688. The van der Waals surface area contributed by atoms with Crippen molar-refractivity contribution in [2.45, 2.75) is 33.0 Å². The molecule has 0 aromatic heterocycles. The number of rotatable bonds is 6. The molecule has 0 aliphatic heterocycles. The van der Waals surface area contributed by atoms with Gasteiger partial charge in [-0.3, -0.25) is 4.79 Å². The third kappa shape index (κ3) is 4.00. The normalized spacial score (nSPS) is 12.0. The Hall–Kier alpha value is -1.62. The maximum Gasteiger partial charge on any atom is 0.260 e. The lowest BCUT2D eigenvalue weighted by Crippen LogP contribution is -2.36. The monoisotopic (exact) mass is 255 g/mol.